The Bertz CT molecular complexity index is 1050. The lowest BCUT2D eigenvalue weighted by molar-refractivity contribution is -0.137. The zero-order valence-corrected chi connectivity index (χ0v) is 20.1. The first-order valence-electron chi connectivity index (χ1n) is 10.2. The molecule has 12 heteroatoms. The minimum absolute atomic E-state index is 0.0630. The highest BCUT2D eigenvalue weighted by Gasteiger charge is 2.35. The summed E-state index contributed by atoms with van der Waals surface area (Å²) >= 11 is 11.7. The number of allylic oxidation sites excluding steroid dienone is 1. The molecule has 0 saturated heterocycles. The molecule has 2 rings (SSSR count). The third-order valence-corrected chi connectivity index (χ3v) is 5.25. The Morgan fingerprint density at radius 1 is 1.41 bits per heavy atom. The van der Waals surface area contributed by atoms with Gasteiger partial charge in [0.15, 0.2) is 0 Å². The van der Waals surface area contributed by atoms with E-state index in [9.17, 15) is 18.0 Å². The number of carbonyl (C=O) groups is 1. The third kappa shape index (κ3) is 8.18. The second kappa shape index (κ2) is 11.5. The van der Waals surface area contributed by atoms with E-state index in [0.29, 0.717) is 6.54 Å². The van der Waals surface area contributed by atoms with E-state index >= 15 is 0 Å². The molecule has 0 heterocycles. The van der Waals surface area contributed by atoms with Gasteiger partial charge in [-0.05, 0) is 50.8 Å². The van der Waals surface area contributed by atoms with Crippen LogP contribution in [0.3, 0.4) is 0 Å². The van der Waals surface area contributed by atoms with Crippen LogP contribution in [0.1, 0.15) is 42.6 Å². The van der Waals surface area contributed by atoms with Crippen molar-refractivity contribution in [3.63, 3.8) is 0 Å². The zero-order valence-electron chi connectivity index (χ0n) is 18.6. The summed E-state index contributed by atoms with van der Waals surface area (Å²) in [5.41, 5.74) is 4.08. The maximum atomic E-state index is 13.4. The highest BCUT2D eigenvalue weighted by molar-refractivity contribution is 6.39. The minimum Gasteiger partial charge on any atom is -0.403 e. The van der Waals surface area contributed by atoms with Gasteiger partial charge in [-0.2, -0.15) is 13.2 Å². The Hall–Kier alpha value is -2.85. The molecule has 0 aliphatic heterocycles. The summed E-state index contributed by atoms with van der Waals surface area (Å²) in [7, 11) is 0. The number of amidine groups is 2. The lowest BCUT2D eigenvalue weighted by Crippen LogP contribution is -2.49. The van der Waals surface area contributed by atoms with Gasteiger partial charge in [-0.15, -0.1) is 0 Å². The summed E-state index contributed by atoms with van der Waals surface area (Å²) in [5, 5.41) is 10.6. The molecule has 0 aromatic heterocycles. The maximum absolute atomic E-state index is 13.4. The monoisotopic (exact) mass is 516 g/mol. The molecule has 1 amide bonds. The summed E-state index contributed by atoms with van der Waals surface area (Å²) in [5.74, 6) is -0.230. The molecule has 34 heavy (non-hydrogen) atoms. The number of hydrogen-bond donors (Lipinski definition) is 3. The highest BCUT2D eigenvalue weighted by atomic mass is 35.5. The average Bonchev–Trinajstić information content (AvgIpc) is 3.57. The van der Waals surface area contributed by atoms with Crippen LogP contribution >= 0.6 is 23.2 Å². The van der Waals surface area contributed by atoms with E-state index < -0.39 is 23.7 Å². The first kappa shape index (κ1) is 27.4. The van der Waals surface area contributed by atoms with E-state index in [1.807, 2.05) is 0 Å². The molecule has 1 aromatic carbocycles. The molecule has 0 spiro atoms. The van der Waals surface area contributed by atoms with Crippen LogP contribution in [-0.2, 0) is 6.18 Å². The molecule has 1 aliphatic carbocycles. The number of aliphatic imine (C=N–C) groups is 2. The Kier molecular flexibility index (Phi) is 9.29. The van der Waals surface area contributed by atoms with Crippen LogP contribution in [0.4, 0.5) is 13.2 Å². The number of amides is 1. The first-order chi connectivity index (χ1) is 15.8. The van der Waals surface area contributed by atoms with E-state index in [1.54, 1.807) is 6.92 Å². The summed E-state index contributed by atoms with van der Waals surface area (Å²) in [6, 6.07) is 1.98. The normalized spacial score (nSPS) is 15.9. The summed E-state index contributed by atoms with van der Waals surface area (Å²) in [4.78, 5) is 22.9. The number of nitrogens with two attached hydrogens (primary N) is 1. The van der Waals surface area contributed by atoms with Crippen LogP contribution in [0, 0.1) is 11.3 Å². The lowest BCUT2D eigenvalue weighted by Gasteiger charge is -2.31. The predicted molar refractivity (Wildman–Crippen MR) is 129 cm³/mol. The van der Waals surface area contributed by atoms with Gasteiger partial charge in [0.2, 0.25) is 0 Å². The Labute approximate surface area is 205 Å². The van der Waals surface area contributed by atoms with Gasteiger partial charge >= 0.3 is 6.18 Å². The zero-order chi connectivity index (χ0) is 25.6. The molecule has 184 valence electrons. The molecule has 4 N–H and O–H groups in total. The van der Waals surface area contributed by atoms with Gasteiger partial charge < -0.3 is 16.0 Å². The standard InChI is InChI=1S/C22H25Cl2F3N6O/c1-12(20(31-13(2)29)32-14(3)30-10-19(24)9-28)33(11-15-4-5-15)21(34)16-6-17(22(25,26)27)8-18(23)7-16/h6-10,12,15H,3-5,11,28H2,1-2H3,(H2,29,31,32)/b19-9+,30-10-. The van der Waals surface area contributed by atoms with Crippen molar-refractivity contribution in [2.24, 2.45) is 21.6 Å². The molecule has 1 unspecified atom stereocenters. The average molecular weight is 517 g/mol. The lowest BCUT2D eigenvalue weighted by atomic mass is 10.1. The van der Waals surface area contributed by atoms with Crippen molar-refractivity contribution in [3.05, 3.63) is 58.0 Å². The number of nitrogens with zero attached hydrogens (tertiary/aromatic N) is 3. The Balaban J connectivity index is 2.40. The topological polar surface area (TPSA) is 107 Å². The van der Waals surface area contributed by atoms with Crippen LogP contribution in [-0.4, -0.2) is 41.3 Å². The molecule has 7 nitrogen and oxygen atoms in total. The van der Waals surface area contributed by atoms with E-state index in [2.05, 4.69) is 21.9 Å². The van der Waals surface area contributed by atoms with Crippen molar-refractivity contribution < 1.29 is 18.0 Å². The van der Waals surface area contributed by atoms with E-state index in [4.69, 9.17) is 34.3 Å². The highest BCUT2D eigenvalue weighted by Crippen LogP contribution is 2.34. The van der Waals surface area contributed by atoms with Crippen molar-refractivity contribution in [2.75, 3.05) is 6.54 Å². The van der Waals surface area contributed by atoms with Gasteiger partial charge in [-0.1, -0.05) is 29.8 Å². The molecule has 1 atom stereocenters. The van der Waals surface area contributed by atoms with Crippen LogP contribution in [0.2, 0.25) is 5.02 Å². The Morgan fingerprint density at radius 2 is 2.06 bits per heavy atom. The largest absolute Gasteiger partial charge is 0.416 e. The maximum Gasteiger partial charge on any atom is 0.416 e. The van der Waals surface area contributed by atoms with Crippen LogP contribution in [0.15, 0.2) is 51.8 Å². The molecule has 1 aromatic rings. The van der Waals surface area contributed by atoms with Crippen molar-refractivity contribution >= 4 is 47.0 Å². The number of alkyl halides is 3. The van der Waals surface area contributed by atoms with Gasteiger partial charge in [0.05, 0.1) is 16.6 Å². The molecular weight excluding hydrogens is 492 g/mol. The molecule has 1 aliphatic rings. The predicted octanol–water partition coefficient (Wildman–Crippen LogP) is 5.17. The van der Waals surface area contributed by atoms with Crippen molar-refractivity contribution in [2.45, 2.75) is 38.9 Å². The minimum atomic E-state index is -4.66. The van der Waals surface area contributed by atoms with Crippen LogP contribution < -0.4 is 11.1 Å². The number of carbonyl (C=O) groups excluding carboxylic acids is 1. The molecule has 0 bridgehead atoms. The van der Waals surface area contributed by atoms with Gasteiger partial charge in [0.1, 0.15) is 17.5 Å². The number of halogens is 5. The Morgan fingerprint density at radius 3 is 2.59 bits per heavy atom. The summed E-state index contributed by atoms with van der Waals surface area (Å²) < 4.78 is 39.8. The van der Waals surface area contributed by atoms with Crippen LogP contribution in [0.25, 0.3) is 0 Å². The van der Waals surface area contributed by atoms with Gasteiger partial charge in [0, 0.05) is 29.5 Å². The molecule has 0 radical (unpaired) electrons. The fourth-order valence-corrected chi connectivity index (χ4v) is 3.24. The van der Waals surface area contributed by atoms with Crippen molar-refractivity contribution in [1.82, 2.24) is 10.2 Å². The van der Waals surface area contributed by atoms with Gasteiger partial charge in [0.25, 0.3) is 5.91 Å². The molecular formula is C22H25Cl2F3N6O. The number of rotatable bonds is 8. The second-order valence-corrected chi connectivity index (χ2v) is 8.64. The second-order valence-electron chi connectivity index (χ2n) is 7.77. The summed E-state index contributed by atoms with van der Waals surface area (Å²) in [6.45, 7) is 7.12. The first-order valence-corrected chi connectivity index (χ1v) is 11.0. The van der Waals surface area contributed by atoms with Crippen molar-refractivity contribution in [1.29, 1.82) is 5.41 Å². The molecule has 1 saturated carbocycles. The fourth-order valence-electron chi connectivity index (χ4n) is 2.95. The van der Waals surface area contributed by atoms with Crippen LogP contribution in [0.5, 0.6) is 0 Å². The number of hydrogen-bond acceptors (Lipinski definition) is 4. The van der Waals surface area contributed by atoms with Gasteiger partial charge in [-0.25, -0.2) is 9.98 Å². The third-order valence-electron chi connectivity index (χ3n) is 4.81. The molecule has 1 fully saturated rings. The van der Waals surface area contributed by atoms with E-state index in [0.717, 1.165) is 31.2 Å². The quantitative estimate of drug-likeness (QED) is 0.327. The number of nitrogens with one attached hydrogen (secondary N) is 2. The SMILES string of the molecule is C=C(/N=C\C(Cl)=C/N)N/C(=N\C(C)=N)C(C)N(CC1CC1)C(=O)c1cc(Cl)cc(C(F)(F)F)c1. The van der Waals surface area contributed by atoms with Gasteiger partial charge in [-0.3, -0.25) is 10.2 Å². The fraction of sp³-hybridized carbons (Fsp3) is 0.364. The van der Waals surface area contributed by atoms with E-state index in [-0.39, 0.29) is 39.0 Å². The smallest absolute Gasteiger partial charge is 0.403 e. The summed E-state index contributed by atoms with van der Waals surface area (Å²) in [6.07, 6.45) is -0.496. The number of benzene rings is 1. The van der Waals surface area contributed by atoms with Crippen molar-refractivity contribution in [3.8, 4) is 0 Å². The van der Waals surface area contributed by atoms with E-state index in [1.165, 1.54) is 24.1 Å².